The van der Waals surface area contributed by atoms with E-state index in [1.165, 1.54) is 30.3 Å². The minimum absolute atomic E-state index is 0.649. The molecular weight excluding hydrogens is 344 g/mol. The summed E-state index contributed by atoms with van der Waals surface area (Å²) in [5, 5.41) is 0. The lowest BCUT2D eigenvalue weighted by Gasteiger charge is -2.46. The number of para-hydroxylation sites is 2. The van der Waals surface area contributed by atoms with Crippen LogP contribution in [-0.4, -0.2) is 27.2 Å². The number of rotatable bonds is 3. The van der Waals surface area contributed by atoms with Crippen molar-refractivity contribution < 1.29 is 0 Å². The molecule has 1 aliphatic heterocycles. The van der Waals surface area contributed by atoms with Gasteiger partial charge in [0, 0.05) is 12.6 Å². The Kier molecular flexibility index (Phi) is 4.59. The summed E-state index contributed by atoms with van der Waals surface area (Å²) in [6.07, 6.45) is 4.04. The summed E-state index contributed by atoms with van der Waals surface area (Å²) < 4.78 is 2.42. The molecule has 2 aromatic carbocycles. The average molecular weight is 375 g/mol. The molecule has 5 rings (SSSR count). The molecule has 4 nitrogen and oxygen atoms in total. The number of nitrogens with zero attached hydrogens (tertiary/aromatic N) is 4. The summed E-state index contributed by atoms with van der Waals surface area (Å²) in [5.74, 6) is 2.66. The highest BCUT2D eigenvalue weighted by molar-refractivity contribution is 5.79. The van der Waals surface area contributed by atoms with Crippen LogP contribution in [0, 0.1) is 11.8 Å². The van der Waals surface area contributed by atoms with Crippen LogP contribution in [0.5, 0.6) is 0 Å². The van der Waals surface area contributed by atoms with E-state index in [1.54, 1.807) is 0 Å². The third-order valence-corrected chi connectivity index (χ3v) is 6.94. The Morgan fingerprint density at radius 2 is 1.71 bits per heavy atom. The molecule has 1 aromatic heterocycles. The molecule has 2 aliphatic rings. The van der Waals surface area contributed by atoms with Gasteiger partial charge in [-0.1, -0.05) is 69.2 Å². The van der Waals surface area contributed by atoms with Gasteiger partial charge in [0.15, 0.2) is 0 Å². The Hall–Kier alpha value is -2.33. The molecule has 1 fully saturated rings. The molecule has 0 radical (unpaired) electrons. The van der Waals surface area contributed by atoms with Gasteiger partial charge in [-0.15, -0.1) is 0 Å². The Labute approximate surface area is 167 Å². The smallest absolute Gasteiger partial charge is 0.209 e. The first kappa shape index (κ1) is 17.7. The second-order valence-electron chi connectivity index (χ2n) is 8.72. The van der Waals surface area contributed by atoms with Crippen LogP contribution >= 0.6 is 0 Å². The summed E-state index contributed by atoms with van der Waals surface area (Å²) in [7, 11) is 0. The highest BCUT2D eigenvalue weighted by Crippen LogP contribution is 2.36. The van der Waals surface area contributed by atoms with E-state index in [0.29, 0.717) is 6.04 Å². The molecule has 0 amide bonds. The van der Waals surface area contributed by atoms with E-state index in [-0.39, 0.29) is 0 Å². The fraction of sp³-hybridized carbons (Fsp3) is 0.458. The van der Waals surface area contributed by atoms with Crippen molar-refractivity contribution in [3.8, 4) is 0 Å². The second-order valence-corrected chi connectivity index (χ2v) is 8.72. The van der Waals surface area contributed by atoms with Crippen LogP contribution in [0.15, 0.2) is 54.6 Å². The van der Waals surface area contributed by atoms with Crippen LogP contribution in [0.3, 0.4) is 0 Å². The van der Waals surface area contributed by atoms with Crippen molar-refractivity contribution in [2.45, 2.75) is 52.4 Å². The van der Waals surface area contributed by atoms with E-state index in [0.717, 1.165) is 43.2 Å². The molecule has 3 atom stereocenters. The SMILES string of the molecule is C[C@H]1[C@H](C)CCC[C@H]1N1CN(Cc2ccccc2)c2nc3ccccc3n2C1. The van der Waals surface area contributed by atoms with Gasteiger partial charge in [0.05, 0.1) is 24.4 Å². The number of benzene rings is 2. The first-order valence-corrected chi connectivity index (χ1v) is 10.7. The van der Waals surface area contributed by atoms with Crippen molar-refractivity contribution in [1.29, 1.82) is 0 Å². The van der Waals surface area contributed by atoms with Gasteiger partial charge in [-0.25, -0.2) is 4.98 Å². The van der Waals surface area contributed by atoms with Crippen LogP contribution in [-0.2, 0) is 13.2 Å². The molecular formula is C24H30N4. The zero-order valence-corrected chi connectivity index (χ0v) is 17.0. The van der Waals surface area contributed by atoms with Crippen molar-refractivity contribution in [3.05, 3.63) is 60.2 Å². The standard InChI is InChI=1S/C24H30N4/c1-18-9-8-14-22(19(18)2)27-16-26(15-20-10-4-3-5-11-20)24-25-21-12-6-7-13-23(21)28(24)17-27/h3-7,10-13,18-19,22H,8-9,14-17H2,1-2H3/t18-,19+,22-/m1/s1. The number of fused-ring (bicyclic) bond motifs is 3. The lowest BCUT2D eigenvalue weighted by atomic mass is 9.77. The number of aromatic nitrogens is 2. The van der Waals surface area contributed by atoms with Gasteiger partial charge in [0.2, 0.25) is 5.95 Å². The first-order valence-electron chi connectivity index (χ1n) is 10.7. The quantitative estimate of drug-likeness (QED) is 0.637. The molecule has 0 spiro atoms. The average Bonchev–Trinajstić information content (AvgIpc) is 3.10. The molecule has 4 heteroatoms. The minimum atomic E-state index is 0.649. The van der Waals surface area contributed by atoms with Gasteiger partial charge < -0.3 is 4.90 Å². The minimum Gasteiger partial charge on any atom is -0.325 e. The summed E-state index contributed by atoms with van der Waals surface area (Å²) in [6.45, 7) is 7.69. The van der Waals surface area contributed by atoms with Gasteiger partial charge in [0.25, 0.3) is 0 Å². The van der Waals surface area contributed by atoms with E-state index in [1.807, 2.05) is 0 Å². The highest BCUT2D eigenvalue weighted by atomic mass is 15.5. The zero-order valence-electron chi connectivity index (χ0n) is 17.0. The molecule has 1 saturated carbocycles. The van der Waals surface area contributed by atoms with Gasteiger partial charge in [-0.3, -0.25) is 9.47 Å². The Morgan fingerprint density at radius 3 is 2.57 bits per heavy atom. The molecule has 0 saturated heterocycles. The summed E-state index contributed by atoms with van der Waals surface area (Å²) >= 11 is 0. The van der Waals surface area contributed by atoms with Crippen LogP contribution in [0.4, 0.5) is 5.95 Å². The van der Waals surface area contributed by atoms with Gasteiger partial charge in [-0.2, -0.15) is 0 Å². The van der Waals surface area contributed by atoms with E-state index in [2.05, 4.69) is 82.8 Å². The number of anilines is 1. The van der Waals surface area contributed by atoms with Crippen molar-refractivity contribution in [1.82, 2.24) is 14.5 Å². The maximum absolute atomic E-state index is 5.01. The number of imidazole rings is 1. The van der Waals surface area contributed by atoms with E-state index in [4.69, 9.17) is 4.98 Å². The fourth-order valence-electron chi connectivity index (χ4n) is 5.16. The molecule has 0 bridgehead atoms. The maximum Gasteiger partial charge on any atom is 0.209 e. The van der Waals surface area contributed by atoms with E-state index >= 15 is 0 Å². The van der Waals surface area contributed by atoms with Gasteiger partial charge >= 0.3 is 0 Å². The van der Waals surface area contributed by atoms with Crippen LogP contribution in [0.1, 0.15) is 38.7 Å². The highest BCUT2D eigenvalue weighted by Gasteiger charge is 2.36. The lowest BCUT2D eigenvalue weighted by Crippen LogP contribution is -2.52. The maximum atomic E-state index is 5.01. The van der Waals surface area contributed by atoms with Crippen molar-refractivity contribution in [2.24, 2.45) is 11.8 Å². The van der Waals surface area contributed by atoms with Crippen LogP contribution < -0.4 is 4.90 Å². The molecule has 0 N–H and O–H groups in total. The Bertz CT molecular complexity index is 948. The normalized spacial score (nSPS) is 25.8. The zero-order chi connectivity index (χ0) is 19.1. The number of hydrogen-bond donors (Lipinski definition) is 0. The van der Waals surface area contributed by atoms with E-state index < -0.39 is 0 Å². The van der Waals surface area contributed by atoms with Crippen LogP contribution in [0.2, 0.25) is 0 Å². The summed E-state index contributed by atoms with van der Waals surface area (Å²) in [6, 6.07) is 20.0. The van der Waals surface area contributed by atoms with Crippen LogP contribution in [0.25, 0.3) is 11.0 Å². The molecule has 1 aliphatic carbocycles. The number of hydrogen-bond acceptors (Lipinski definition) is 3. The topological polar surface area (TPSA) is 24.3 Å². The summed E-state index contributed by atoms with van der Waals surface area (Å²) in [4.78, 5) is 10.2. The van der Waals surface area contributed by atoms with Gasteiger partial charge in [0.1, 0.15) is 0 Å². The largest absolute Gasteiger partial charge is 0.325 e. The van der Waals surface area contributed by atoms with Crippen molar-refractivity contribution in [2.75, 3.05) is 11.6 Å². The predicted octanol–water partition coefficient (Wildman–Crippen LogP) is 5.10. The third kappa shape index (κ3) is 3.10. The monoisotopic (exact) mass is 374 g/mol. The molecule has 3 aromatic rings. The second kappa shape index (κ2) is 7.25. The molecule has 28 heavy (non-hydrogen) atoms. The lowest BCUT2D eigenvalue weighted by molar-refractivity contribution is 0.0489. The third-order valence-electron chi connectivity index (χ3n) is 6.94. The molecule has 0 unspecified atom stereocenters. The van der Waals surface area contributed by atoms with Gasteiger partial charge in [-0.05, 0) is 36.0 Å². The fourth-order valence-corrected chi connectivity index (χ4v) is 5.16. The molecule has 2 heterocycles. The Morgan fingerprint density at radius 1 is 0.929 bits per heavy atom. The first-order chi connectivity index (χ1) is 13.7. The van der Waals surface area contributed by atoms with E-state index in [9.17, 15) is 0 Å². The van der Waals surface area contributed by atoms with Crippen molar-refractivity contribution in [3.63, 3.8) is 0 Å². The molecule has 146 valence electrons. The summed E-state index contributed by atoms with van der Waals surface area (Å²) in [5.41, 5.74) is 3.69. The predicted molar refractivity (Wildman–Crippen MR) is 115 cm³/mol. The Balaban J connectivity index is 1.53. The van der Waals surface area contributed by atoms with Crippen molar-refractivity contribution >= 4 is 17.0 Å².